The van der Waals surface area contributed by atoms with E-state index in [2.05, 4.69) is 10.1 Å². The summed E-state index contributed by atoms with van der Waals surface area (Å²) in [5, 5.41) is 6.63. The van der Waals surface area contributed by atoms with E-state index in [1.54, 1.807) is 18.3 Å². The van der Waals surface area contributed by atoms with E-state index in [9.17, 15) is 9.59 Å². The van der Waals surface area contributed by atoms with Gasteiger partial charge in [0.1, 0.15) is 12.3 Å². The summed E-state index contributed by atoms with van der Waals surface area (Å²) in [6, 6.07) is 14.6. The van der Waals surface area contributed by atoms with Crippen molar-refractivity contribution >= 4 is 40.5 Å². The number of hydrogen-bond donors (Lipinski definition) is 0. The largest absolute Gasteiger partial charge is 0.303 e. The van der Waals surface area contributed by atoms with Crippen LogP contribution in [0.3, 0.4) is 0 Å². The molecule has 0 bridgehead atoms. The van der Waals surface area contributed by atoms with Crippen LogP contribution in [0.5, 0.6) is 0 Å². The molecule has 1 aliphatic heterocycles. The number of benzene rings is 2. The number of aldehydes is 1. The number of carbonyl (C=O) groups is 2. The van der Waals surface area contributed by atoms with Crippen LogP contribution in [0.25, 0.3) is 11.0 Å². The minimum absolute atomic E-state index is 0.110. The molecule has 2 heterocycles. The van der Waals surface area contributed by atoms with Gasteiger partial charge in [-0.05, 0) is 29.8 Å². The molecule has 0 radical (unpaired) electrons. The molecular weight excluding hydrogens is 376 g/mol. The van der Waals surface area contributed by atoms with Gasteiger partial charge in [-0.3, -0.25) is 9.78 Å². The van der Waals surface area contributed by atoms with Crippen molar-refractivity contribution in [3.63, 3.8) is 0 Å². The van der Waals surface area contributed by atoms with E-state index < -0.39 is 0 Å². The molecule has 4 rings (SSSR count). The van der Waals surface area contributed by atoms with Crippen molar-refractivity contribution in [3.8, 4) is 0 Å². The second kappa shape index (κ2) is 7.86. The first-order valence-corrected chi connectivity index (χ1v) is 9.34. The lowest BCUT2D eigenvalue weighted by molar-refractivity contribution is -0.133. The van der Waals surface area contributed by atoms with Crippen LogP contribution in [0, 0.1) is 0 Å². The summed E-state index contributed by atoms with van der Waals surface area (Å²) in [7, 11) is 0. The minimum atomic E-state index is -0.359. The summed E-state index contributed by atoms with van der Waals surface area (Å²) in [4.78, 5) is 32.5. The van der Waals surface area contributed by atoms with Gasteiger partial charge in [0, 0.05) is 24.3 Å². The van der Waals surface area contributed by atoms with Gasteiger partial charge in [0.15, 0.2) is 0 Å². The Morgan fingerprint density at radius 1 is 1.14 bits per heavy atom. The molecule has 28 heavy (non-hydrogen) atoms. The number of para-hydroxylation sites is 2. The third-order valence-corrected chi connectivity index (χ3v) is 4.88. The monoisotopic (exact) mass is 392 g/mol. The fourth-order valence-electron chi connectivity index (χ4n) is 3.22. The molecule has 0 fully saturated rings. The molecule has 7 heteroatoms. The number of rotatable bonds is 5. The predicted molar refractivity (Wildman–Crippen MR) is 107 cm³/mol. The van der Waals surface area contributed by atoms with Gasteiger partial charge in [-0.1, -0.05) is 35.9 Å². The van der Waals surface area contributed by atoms with Gasteiger partial charge in [-0.15, -0.1) is 0 Å². The lowest BCUT2D eigenvalue weighted by Crippen LogP contribution is -2.27. The molecule has 6 nitrogen and oxygen atoms in total. The number of aromatic nitrogens is 2. The first-order valence-electron chi connectivity index (χ1n) is 8.96. The maximum atomic E-state index is 12.7. The maximum absolute atomic E-state index is 12.7. The van der Waals surface area contributed by atoms with E-state index in [-0.39, 0.29) is 24.8 Å². The molecule has 140 valence electrons. The summed E-state index contributed by atoms with van der Waals surface area (Å²) in [5.41, 5.74) is 3.90. The van der Waals surface area contributed by atoms with E-state index in [4.69, 9.17) is 16.6 Å². The number of hydrogen-bond acceptors (Lipinski definition) is 5. The van der Waals surface area contributed by atoms with Crippen molar-refractivity contribution < 1.29 is 9.59 Å². The van der Waals surface area contributed by atoms with Crippen molar-refractivity contribution in [1.82, 2.24) is 15.0 Å². The molecule has 2 aromatic carbocycles. The Bertz CT molecular complexity index is 1070. The van der Waals surface area contributed by atoms with Crippen LogP contribution in [-0.4, -0.2) is 32.9 Å². The molecule has 0 aliphatic carbocycles. The third-order valence-electron chi connectivity index (χ3n) is 4.63. The van der Waals surface area contributed by atoms with Crippen LogP contribution in [-0.2, 0) is 9.59 Å². The molecule has 1 aliphatic rings. The van der Waals surface area contributed by atoms with Gasteiger partial charge in [0.25, 0.3) is 0 Å². The van der Waals surface area contributed by atoms with Crippen LogP contribution in [0.15, 0.2) is 59.8 Å². The van der Waals surface area contributed by atoms with Crippen LogP contribution < -0.4 is 0 Å². The lowest BCUT2D eigenvalue weighted by atomic mass is 10.0. The fourth-order valence-corrected chi connectivity index (χ4v) is 3.34. The summed E-state index contributed by atoms with van der Waals surface area (Å²) >= 11 is 5.98. The topological polar surface area (TPSA) is 75.5 Å². The zero-order chi connectivity index (χ0) is 19.5. The van der Waals surface area contributed by atoms with Gasteiger partial charge in [0.05, 0.1) is 28.6 Å². The number of hydrazone groups is 1. The highest BCUT2D eigenvalue weighted by molar-refractivity contribution is 6.30. The third kappa shape index (κ3) is 3.64. The average Bonchev–Trinajstić information content (AvgIpc) is 3.17. The first kappa shape index (κ1) is 18.3. The van der Waals surface area contributed by atoms with Crippen molar-refractivity contribution in [1.29, 1.82) is 0 Å². The number of nitrogens with zero attached hydrogens (tertiary/aromatic N) is 4. The highest BCUT2D eigenvalue weighted by Crippen LogP contribution is 2.33. The van der Waals surface area contributed by atoms with Gasteiger partial charge in [-0.2, -0.15) is 5.10 Å². The molecule has 1 amide bonds. The second-order valence-corrected chi connectivity index (χ2v) is 6.94. The summed E-state index contributed by atoms with van der Waals surface area (Å²) < 4.78 is 0. The zero-order valence-corrected chi connectivity index (χ0v) is 15.7. The Morgan fingerprint density at radius 3 is 2.64 bits per heavy atom. The molecule has 0 saturated heterocycles. The average molecular weight is 393 g/mol. The fraction of sp³-hybridized carbons (Fsp3) is 0.190. The zero-order valence-electron chi connectivity index (χ0n) is 15.0. The normalized spacial score (nSPS) is 16.2. The van der Waals surface area contributed by atoms with E-state index >= 15 is 0 Å². The van der Waals surface area contributed by atoms with E-state index in [0.717, 1.165) is 28.6 Å². The SMILES string of the molecule is O=CCCC(=O)N1N=C(c2ccc(Cl)cc2)CC1c1cnc2ccccc2n1. The number of amides is 1. The lowest BCUT2D eigenvalue weighted by Gasteiger charge is -2.21. The van der Waals surface area contributed by atoms with Crippen LogP contribution >= 0.6 is 11.6 Å². The molecule has 3 aromatic rings. The van der Waals surface area contributed by atoms with Crippen molar-refractivity contribution in [3.05, 3.63) is 71.0 Å². The predicted octanol–water partition coefficient (Wildman–Crippen LogP) is 3.94. The quantitative estimate of drug-likeness (QED) is 0.616. The number of halogens is 1. The van der Waals surface area contributed by atoms with Crippen LogP contribution in [0.2, 0.25) is 5.02 Å². The molecule has 1 unspecified atom stereocenters. The van der Waals surface area contributed by atoms with Crippen LogP contribution in [0.1, 0.15) is 36.6 Å². The Hall–Kier alpha value is -3.12. The second-order valence-electron chi connectivity index (χ2n) is 6.50. The number of carbonyl (C=O) groups excluding carboxylic acids is 2. The van der Waals surface area contributed by atoms with Crippen molar-refractivity contribution in [2.24, 2.45) is 5.10 Å². The standard InChI is InChI=1S/C21H17ClN4O2/c22-15-9-7-14(8-10-15)18-12-20(26(25-18)21(28)6-3-11-27)19-13-23-16-4-1-2-5-17(16)24-19/h1-2,4-5,7-11,13,20H,3,6,12H2. The van der Waals surface area contributed by atoms with Crippen molar-refractivity contribution in [2.45, 2.75) is 25.3 Å². The molecule has 1 atom stereocenters. The van der Waals surface area contributed by atoms with Gasteiger partial charge in [-0.25, -0.2) is 9.99 Å². The first-order chi connectivity index (χ1) is 13.7. The van der Waals surface area contributed by atoms with Crippen molar-refractivity contribution in [2.75, 3.05) is 0 Å². The molecule has 0 N–H and O–H groups in total. The Labute approximate surface area is 166 Å². The molecule has 0 saturated carbocycles. The highest BCUT2D eigenvalue weighted by Gasteiger charge is 2.34. The van der Waals surface area contributed by atoms with E-state index in [1.165, 1.54) is 5.01 Å². The minimum Gasteiger partial charge on any atom is -0.303 e. The molecule has 0 spiro atoms. The summed E-state index contributed by atoms with van der Waals surface area (Å²) in [6.45, 7) is 0. The molecular formula is C21H17ClN4O2. The van der Waals surface area contributed by atoms with Gasteiger partial charge < -0.3 is 4.79 Å². The van der Waals surface area contributed by atoms with E-state index in [0.29, 0.717) is 17.1 Å². The highest BCUT2D eigenvalue weighted by atomic mass is 35.5. The Balaban J connectivity index is 1.70. The van der Waals surface area contributed by atoms with E-state index in [1.807, 2.05) is 36.4 Å². The molecule has 1 aromatic heterocycles. The van der Waals surface area contributed by atoms with Crippen LogP contribution in [0.4, 0.5) is 0 Å². The van der Waals surface area contributed by atoms with Gasteiger partial charge >= 0.3 is 0 Å². The summed E-state index contributed by atoms with van der Waals surface area (Å²) in [5.74, 6) is -0.212. The smallest absolute Gasteiger partial charge is 0.243 e. The maximum Gasteiger partial charge on any atom is 0.243 e. The summed E-state index contributed by atoms with van der Waals surface area (Å²) in [6.07, 6.45) is 3.22. The van der Waals surface area contributed by atoms with Gasteiger partial charge in [0.2, 0.25) is 5.91 Å². The Kier molecular flexibility index (Phi) is 5.12. The Morgan fingerprint density at radius 2 is 1.89 bits per heavy atom. The number of fused-ring (bicyclic) bond motifs is 1.